The zero-order valence-corrected chi connectivity index (χ0v) is 12.4. The van der Waals surface area contributed by atoms with Crippen molar-refractivity contribution < 1.29 is 0 Å². The summed E-state index contributed by atoms with van der Waals surface area (Å²) < 4.78 is 1.84. The molecule has 1 aliphatic rings. The number of nitrogens with zero attached hydrogens (tertiary/aromatic N) is 3. The summed E-state index contributed by atoms with van der Waals surface area (Å²) in [6.45, 7) is 0. The van der Waals surface area contributed by atoms with Gasteiger partial charge in [0.15, 0.2) is 11.6 Å². The van der Waals surface area contributed by atoms with Gasteiger partial charge in [0.2, 0.25) is 0 Å². The van der Waals surface area contributed by atoms with Crippen LogP contribution in [-0.2, 0) is 7.05 Å². The van der Waals surface area contributed by atoms with E-state index in [1.54, 1.807) is 6.07 Å². The summed E-state index contributed by atoms with van der Waals surface area (Å²) in [6, 6.07) is 5.60. The Hall–Kier alpha value is -1.55. The van der Waals surface area contributed by atoms with Gasteiger partial charge in [-0.2, -0.15) is 5.10 Å². The van der Waals surface area contributed by atoms with Crippen LogP contribution in [0.3, 0.4) is 0 Å². The van der Waals surface area contributed by atoms with E-state index in [9.17, 15) is 0 Å². The lowest BCUT2D eigenvalue weighted by Crippen LogP contribution is -2.06. The van der Waals surface area contributed by atoms with E-state index in [4.69, 9.17) is 22.3 Å². The highest BCUT2D eigenvalue weighted by molar-refractivity contribution is 6.33. The topological polar surface area (TPSA) is 56.7 Å². The molecule has 0 aliphatic heterocycles. The molecule has 0 spiro atoms. The molecule has 0 atom stereocenters. The van der Waals surface area contributed by atoms with E-state index in [1.807, 2.05) is 23.9 Å². The molecule has 1 aromatic heterocycles. The first-order valence-electron chi connectivity index (χ1n) is 7.11. The van der Waals surface area contributed by atoms with Crippen LogP contribution in [0.5, 0.6) is 0 Å². The molecular formula is C15H19ClN4. The van der Waals surface area contributed by atoms with Crippen LogP contribution < -0.4 is 5.73 Å². The SMILES string of the molecule is Cn1nc(C2CCCCC2)nc1-c1ccc(Cl)c(N)c1. The Bertz CT molecular complexity index is 614. The van der Waals surface area contributed by atoms with Crippen molar-refractivity contribution in [2.45, 2.75) is 38.0 Å². The van der Waals surface area contributed by atoms with Crippen molar-refractivity contribution in [1.29, 1.82) is 0 Å². The summed E-state index contributed by atoms with van der Waals surface area (Å²) in [6.07, 6.45) is 6.31. The summed E-state index contributed by atoms with van der Waals surface area (Å²) in [5, 5.41) is 5.17. The predicted octanol–water partition coefficient (Wildman–Crippen LogP) is 3.77. The van der Waals surface area contributed by atoms with Crippen LogP contribution in [0.25, 0.3) is 11.4 Å². The Morgan fingerprint density at radius 3 is 2.70 bits per heavy atom. The summed E-state index contributed by atoms with van der Waals surface area (Å²) in [5.41, 5.74) is 7.41. The number of aryl methyl sites for hydroxylation is 1. The van der Waals surface area contributed by atoms with Gasteiger partial charge in [-0.15, -0.1) is 0 Å². The van der Waals surface area contributed by atoms with Crippen molar-refractivity contribution in [3.63, 3.8) is 0 Å². The number of rotatable bonds is 2. The standard InChI is InChI=1S/C15H19ClN4/c1-20-15(11-7-8-12(16)13(17)9-11)18-14(19-20)10-5-3-2-4-6-10/h7-10H,2-6,17H2,1H3. The Kier molecular flexibility index (Phi) is 3.66. The molecule has 0 radical (unpaired) electrons. The van der Waals surface area contributed by atoms with Gasteiger partial charge in [-0.1, -0.05) is 30.9 Å². The molecule has 20 heavy (non-hydrogen) atoms. The number of halogens is 1. The highest BCUT2D eigenvalue weighted by Crippen LogP contribution is 2.32. The molecule has 0 amide bonds. The first-order valence-corrected chi connectivity index (χ1v) is 7.49. The third-order valence-electron chi connectivity index (χ3n) is 4.00. The van der Waals surface area contributed by atoms with Crippen molar-refractivity contribution >= 4 is 17.3 Å². The van der Waals surface area contributed by atoms with Gasteiger partial charge in [0.1, 0.15) is 0 Å². The lowest BCUT2D eigenvalue weighted by Gasteiger charge is -2.18. The molecule has 1 heterocycles. The molecule has 1 aliphatic carbocycles. The molecule has 4 nitrogen and oxygen atoms in total. The summed E-state index contributed by atoms with van der Waals surface area (Å²) in [7, 11) is 1.93. The number of hydrogen-bond donors (Lipinski definition) is 1. The number of anilines is 1. The van der Waals surface area contributed by atoms with Gasteiger partial charge in [-0.25, -0.2) is 9.67 Å². The normalized spacial score (nSPS) is 16.5. The fourth-order valence-electron chi connectivity index (χ4n) is 2.87. The van der Waals surface area contributed by atoms with E-state index < -0.39 is 0 Å². The first kappa shape index (κ1) is 13.4. The van der Waals surface area contributed by atoms with E-state index in [0.717, 1.165) is 17.2 Å². The monoisotopic (exact) mass is 290 g/mol. The van der Waals surface area contributed by atoms with E-state index in [-0.39, 0.29) is 0 Å². The van der Waals surface area contributed by atoms with Gasteiger partial charge in [-0.3, -0.25) is 0 Å². The molecule has 0 bridgehead atoms. The maximum absolute atomic E-state index is 5.97. The second-order valence-electron chi connectivity index (χ2n) is 5.49. The molecule has 3 rings (SSSR count). The number of aromatic nitrogens is 3. The summed E-state index contributed by atoms with van der Waals surface area (Å²) >= 11 is 5.97. The zero-order valence-electron chi connectivity index (χ0n) is 11.6. The molecule has 5 heteroatoms. The van der Waals surface area contributed by atoms with Crippen molar-refractivity contribution in [2.24, 2.45) is 7.05 Å². The molecule has 2 aromatic rings. The number of nitrogen functional groups attached to an aromatic ring is 1. The maximum atomic E-state index is 5.97. The number of hydrogen-bond acceptors (Lipinski definition) is 3. The van der Waals surface area contributed by atoms with E-state index >= 15 is 0 Å². The average Bonchev–Trinajstić information content (AvgIpc) is 2.85. The Labute approximate surface area is 124 Å². The predicted molar refractivity (Wildman–Crippen MR) is 81.7 cm³/mol. The molecule has 1 fully saturated rings. The number of nitrogens with two attached hydrogens (primary N) is 1. The first-order chi connectivity index (χ1) is 9.65. The third kappa shape index (κ3) is 2.52. The Morgan fingerprint density at radius 1 is 1.25 bits per heavy atom. The van der Waals surface area contributed by atoms with Crippen molar-refractivity contribution in [1.82, 2.24) is 14.8 Å². The van der Waals surface area contributed by atoms with Crippen molar-refractivity contribution in [3.05, 3.63) is 29.0 Å². The Balaban J connectivity index is 1.93. The van der Waals surface area contributed by atoms with Gasteiger partial charge in [0.25, 0.3) is 0 Å². The highest BCUT2D eigenvalue weighted by Gasteiger charge is 2.21. The molecule has 106 valence electrons. The quantitative estimate of drug-likeness (QED) is 0.857. The maximum Gasteiger partial charge on any atom is 0.158 e. The molecule has 0 saturated heterocycles. The van der Waals surface area contributed by atoms with Gasteiger partial charge >= 0.3 is 0 Å². The lowest BCUT2D eigenvalue weighted by molar-refractivity contribution is 0.427. The van der Waals surface area contributed by atoms with Crippen LogP contribution in [0.4, 0.5) is 5.69 Å². The van der Waals surface area contributed by atoms with Gasteiger partial charge in [-0.05, 0) is 31.0 Å². The Morgan fingerprint density at radius 2 is 2.00 bits per heavy atom. The van der Waals surface area contributed by atoms with Crippen molar-refractivity contribution in [2.75, 3.05) is 5.73 Å². The van der Waals surface area contributed by atoms with E-state index in [1.165, 1.54) is 32.1 Å². The second-order valence-corrected chi connectivity index (χ2v) is 5.90. The van der Waals surface area contributed by atoms with Crippen molar-refractivity contribution in [3.8, 4) is 11.4 Å². The van der Waals surface area contributed by atoms with E-state index in [2.05, 4.69) is 5.10 Å². The van der Waals surface area contributed by atoms with E-state index in [0.29, 0.717) is 16.6 Å². The van der Waals surface area contributed by atoms with Gasteiger partial charge < -0.3 is 5.73 Å². The van der Waals surface area contributed by atoms with Crippen LogP contribution in [-0.4, -0.2) is 14.8 Å². The van der Waals surface area contributed by atoms with Crippen LogP contribution in [0.1, 0.15) is 43.8 Å². The molecule has 2 N–H and O–H groups in total. The molecular weight excluding hydrogens is 272 g/mol. The van der Waals surface area contributed by atoms with Crippen LogP contribution in [0.2, 0.25) is 5.02 Å². The zero-order chi connectivity index (χ0) is 14.1. The highest BCUT2D eigenvalue weighted by atomic mass is 35.5. The van der Waals surface area contributed by atoms with Crippen LogP contribution in [0, 0.1) is 0 Å². The smallest absolute Gasteiger partial charge is 0.158 e. The molecule has 1 aromatic carbocycles. The van der Waals surface area contributed by atoms with Crippen LogP contribution >= 0.6 is 11.6 Å². The van der Waals surface area contributed by atoms with Gasteiger partial charge in [0, 0.05) is 18.5 Å². The largest absolute Gasteiger partial charge is 0.398 e. The third-order valence-corrected chi connectivity index (χ3v) is 4.35. The average molecular weight is 291 g/mol. The summed E-state index contributed by atoms with van der Waals surface area (Å²) in [5.74, 6) is 2.33. The number of benzene rings is 1. The minimum Gasteiger partial charge on any atom is -0.398 e. The molecule has 1 saturated carbocycles. The van der Waals surface area contributed by atoms with Crippen LogP contribution in [0.15, 0.2) is 18.2 Å². The second kappa shape index (κ2) is 5.44. The van der Waals surface area contributed by atoms with Gasteiger partial charge in [0.05, 0.1) is 10.7 Å². The summed E-state index contributed by atoms with van der Waals surface area (Å²) in [4.78, 5) is 4.73. The molecule has 0 unspecified atom stereocenters. The minimum atomic E-state index is 0.508. The fraction of sp³-hybridized carbons (Fsp3) is 0.467. The lowest BCUT2D eigenvalue weighted by atomic mass is 9.89. The minimum absolute atomic E-state index is 0.508. The fourth-order valence-corrected chi connectivity index (χ4v) is 2.99.